The Morgan fingerprint density at radius 3 is 2.44 bits per heavy atom. The van der Waals surface area contributed by atoms with E-state index in [1.807, 2.05) is 0 Å². The van der Waals surface area contributed by atoms with E-state index < -0.39 is 0 Å². The van der Waals surface area contributed by atoms with E-state index in [1.165, 1.54) is 45.4 Å². The Labute approximate surface area is 114 Å². The minimum atomic E-state index is 0.267. The highest BCUT2D eigenvalue weighted by Gasteiger charge is 2.46. The molecule has 1 heterocycles. The molecule has 0 radical (unpaired) electrons. The molecule has 0 aromatic carbocycles. The third-order valence-electron chi connectivity index (χ3n) is 4.95. The minimum Gasteiger partial charge on any atom is -0.312 e. The lowest BCUT2D eigenvalue weighted by Crippen LogP contribution is -2.40. The summed E-state index contributed by atoms with van der Waals surface area (Å²) < 4.78 is 0. The minimum absolute atomic E-state index is 0.267. The van der Waals surface area contributed by atoms with Crippen LogP contribution in [0.15, 0.2) is 0 Å². The molecule has 1 atom stereocenters. The third kappa shape index (κ3) is 3.71. The summed E-state index contributed by atoms with van der Waals surface area (Å²) in [5, 5.41) is 3.66. The topological polar surface area (TPSA) is 15.3 Å². The monoisotopic (exact) mass is 252 g/mol. The van der Waals surface area contributed by atoms with Crippen molar-refractivity contribution in [3.8, 4) is 0 Å². The SMILES string of the molecule is CC(C)C1(CN2CCC(CNC(C)(C)C)C2)CC1. The summed E-state index contributed by atoms with van der Waals surface area (Å²) in [4.78, 5) is 2.72. The molecule has 0 aromatic heterocycles. The van der Waals surface area contributed by atoms with Crippen LogP contribution in [-0.2, 0) is 0 Å². The van der Waals surface area contributed by atoms with Crippen LogP contribution in [0.25, 0.3) is 0 Å². The Balaban J connectivity index is 1.72. The van der Waals surface area contributed by atoms with Crippen molar-refractivity contribution in [2.75, 3.05) is 26.2 Å². The summed E-state index contributed by atoms with van der Waals surface area (Å²) in [6.07, 6.45) is 4.31. The number of hydrogen-bond donors (Lipinski definition) is 1. The van der Waals surface area contributed by atoms with E-state index in [-0.39, 0.29) is 5.54 Å². The Hall–Kier alpha value is -0.0800. The molecule has 2 nitrogen and oxygen atoms in total. The average molecular weight is 252 g/mol. The van der Waals surface area contributed by atoms with Crippen LogP contribution >= 0.6 is 0 Å². The van der Waals surface area contributed by atoms with Gasteiger partial charge in [0.15, 0.2) is 0 Å². The summed E-state index contributed by atoms with van der Waals surface area (Å²) in [5.74, 6) is 1.73. The van der Waals surface area contributed by atoms with E-state index in [4.69, 9.17) is 0 Å². The van der Waals surface area contributed by atoms with Gasteiger partial charge in [-0.3, -0.25) is 0 Å². The lowest BCUT2D eigenvalue weighted by atomic mass is 9.92. The van der Waals surface area contributed by atoms with Gasteiger partial charge in [-0.2, -0.15) is 0 Å². The zero-order valence-corrected chi connectivity index (χ0v) is 13.1. The predicted molar refractivity (Wildman–Crippen MR) is 78.8 cm³/mol. The molecule has 1 saturated carbocycles. The maximum absolute atomic E-state index is 3.66. The molecular weight excluding hydrogens is 220 g/mol. The highest BCUT2D eigenvalue weighted by molar-refractivity contribution is 4.98. The second kappa shape index (κ2) is 5.13. The third-order valence-corrected chi connectivity index (χ3v) is 4.95. The van der Waals surface area contributed by atoms with E-state index >= 15 is 0 Å². The van der Waals surface area contributed by atoms with Gasteiger partial charge >= 0.3 is 0 Å². The molecule has 1 aliphatic carbocycles. The highest BCUT2D eigenvalue weighted by atomic mass is 15.2. The first kappa shape index (κ1) is 14.3. The molecule has 2 fully saturated rings. The van der Waals surface area contributed by atoms with Crippen molar-refractivity contribution in [3.63, 3.8) is 0 Å². The van der Waals surface area contributed by atoms with Crippen molar-refractivity contribution >= 4 is 0 Å². The van der Waals surface area contributed by atoms with Gasteiger partial charge in [-0.1, -0.05) is 13.8 Å². The molecule has 1 aliphatic heterocycles. The highest BCUT2D eigenvalue weighted by Crippen LogP contribution is 2.52. The van der Waals surface area contributed by atoms with E-state index in [9.17, 15) is 0 Å². The van der Waals surface area contributed by atoms with E-state index in [2.05, 4.69) is 44.8 Å². The van der Waals surface area contributed by atoms with Gasteiger partial charge in [0.1, 0.15) is 0 Å². The molecule has 2 rings (SSSR count). The summed E-state index contributed by atoms with van der Waals surface area (Å²) in [6.45, 7) is 16.8. The fourth-order valence-corrected chi connectivity index (χ4v) is 3.20. The van der Waals surface area contributed by atoms with Crippen molar-refractivity contribution < 1.29 is 0 Å². The zero-order valence-electron chi connectivity index (χ0n) is 13.1. The van der Waals surface area contributed by atoms with Crippen LogP contribution in [-0.4, -0.2) is 36.6 Å². The van der Waals surface area contributed by atoms with Crippen LogP contribution in [0, 0.1) is 17.3 Å². The summed E-state index contributed by atoms with van der Waals surface area (Å²) in [5.41, 5.74) is 0.954. The quantitative estimate of drug-likeness (QED) is 0.809. The predicted octanol–water partition coefficient (Wildman–Crippen LogP) is 3.13. The molecule has 0 bridgehead atoms. The Morgan fingerprint density at radius 1 is 1.28 bits per heavy atom. The van der Waals surface area contributed by atoms with Crippen molar-refractivity contribution in [3.05, 3.63) is 0 Å². The van der Waals surface area contributed by atoms with Crippen molar-refractivity contribution in [2.45, 2.75) is 59.4 Å². The molecule has 1 saturated heterocycles. The molecular formula is C16H32N2. The molecule has 0 amide bonds. The maximum atomic E-state index is 3.66. The first-order chi connectivity index (χ1) is 8.31. The molecule has 106 valence electrons. The fraction of sp³-hybridized carbons (Fsp3) is 1.00. The van der Waals surface area contributed by atoms with Crippen LogP contribution in [0.1, 0.15) is 53.9 Å². The van der Waals surface area contributed by atoms with E-state index in [0.717, 1.165) is 11.8 Å². The molecule has 1 N–H and O–H groups in total. The summed E-state index contributed by atoms with van der Waals surface area (Å²) >= 11 is 0. The first-order valence-electron chi connectivity index (χ1n) is 7.78. The Morgan fingerprint density at radius 2 is 1.94 bits per heavy atom. The second-order valence-electron chi connectivity index (χ2n) is 8.04. The van der Waals surface area contributed by atoms with Gasteiger partial charge in [0.05, 0.1) is 0 Å². The van der Waals surface area contributed by atoms with Crippen LogP contribution < -0.4 is 5.32 Å². The van der Waals surface area contributed by atoms with Gasteiger partial charge in [0.25, 0.3) is 0 Å². The molecule has 2 aliphatic rings. The van der Waals surface area contributed by atoms with Gasteiger partial charge in [0.2, 0.25) is 0 Å². The normalized spacial score (nSPS) is 28.0. The van der Waals surface area contributed by atoms with E-state index in [1.54, 1.807) is 0 Å². The molecule has 0 aromatic rings. The summed E-state index contributed by atoms with van der Waals surface area (Å²) in [7, 11) is 0. The Bertz CT molecular complexity index is 273. The Kier molecular flexibility index (Phi) is 4.08. The van der Waals surface area contributed by atoms with Gasteiger partial charge in [-0.05, 0) is 70.4 Å². The number of nitrogens with one attached hydrogen (secondary N) is 1. The van der Waals surface area contributed by atoms with Crippen molar-refractivity contribution in [1.29, 1.82) is 0 Å². The average Bonchev–Trinajstić information content (AvgIpc) is 2.88. The number of nitrogens with zero attached hydrogens (tertiary/aromatic N) is 1. The smallest absolute Gasteiger partial charge is 0.00966 e. The van der Waals surface area contributed by atoms with Crippen molar-refractivity contribution in [2.24, 2.45) is 17.3 Å². The van der Waals surface area contributed by atoms with Gasteiger partial charge in [0, 0.05) is 18.6 Å². The molecule has 1 unspecified atom stereocenters. The standard InChI is InChI=1S/C16H32N2/c1-13(2)16(7-8-16)12-18-9-6-14(11-18)10-17-15(3,4)5/h13-14,17H,6-12H2,1-5H3. The first-order valence-corrected chi connectivity index (χ1v) is 7.78. The number of hydrogen-bond acceptors (Lipinski definition) is 2. The molecule has 18 heavy (non-hydrogen) atoms. The number of likely N-dealkylation sites (tertiary alicyclic amines) is 1. The fourth-order valence-electron chi connectivity index (χ4n) is 3.20. The van der Waals surface area contributed by atoms with Gasteiger partial charge in [-0.15, -0.1) is 0 Å². The lowest BCUT2D eigenvalue weighted by Gasteiger charge is -2.27. The second-order valence-corrected chi connectivity index (χ2v) is 8.04. The van der Waals surface area contributed by atoms with Crippen molar-refractivity contribution in [1.82, 2.24) is 10.2 Å². The van der Waals surface area contributed by atoms with Gasteiger partial charge < -0.3 is 10.2 Å². The summed E-state index contributed by atoms with van der Waals surface area (Å²) in [6, 6.07) is 0. The molecule has 0 spiro atoms. The maximum Gasteiger partial charge on any atom is 0.00966 e. The zero-order chi connectivity index (χ0) is 13.4. The van der Waals surface area contributed by atoms with Gasteiger partial charge in [-0.25, -0.2) is 0 Å². The number of rotatable bonds is 5. The van der Waals surface area contributed by atoms with Crippen LogP contribution in [0.4, 0.5) is 0 Å². The molecule has 2 heteroatoms. The van der Waals surface area contributed by atoms with Crippen LogP contribution in [0.3, 0.4) is 0 Å². The lowest BCUT2D eigenvalue weighted by molar-refractivity contribution is 0.210. The van der Waals surface area contributed by atoms with Crippen LogP contribution in [0.2, 0.25) is 0 Å². The van der Waals surface area contributed by atoms with Crippen LogP contribution in [0.5, 0.6) is 0 Å². The largest absolute Gasteiger partial charge is 0.312 e. The van der Waals surface area contributed by atoms with E-state index in [0.29, 0.717) is 5.41 Å².